The van der Waals surface area contributed by atoms with Gasteiger partial charge in [0.2, 0.25) is 0 Å². The molecule has 6 nitrogen and oxygen atoms in total. The molecule has 1 aliphatic heterocycles. The van der Waals surface area contributed by atoms with E-state index in [9.17, 15) is 19.7 Å². The highest BCUT2D eigenvalue weighted by atomic mass is 127. The van der Waals surface area contributed by atoms with E-state index in [4.69, 9.17) is 0 Å². The molecular formula is C17H11IN2O4S. The van der Waals surface area contributed by atoms with Crippen LogP contribution in [-0.2, 0) is 11.3 Å². The van der Waals surface area contributed by atoms with Crippen molar-refractivity contribution in [3.8, 4) is 0 Å². The monoisotopic (exact) mass is 466 g/mol. The molecule has 0 saturated carbocycles. The number of para-hydroxylation sites is 1. The van der Waals surface area contributed by atoms with Crippen LogP contribution in [0.3, 0.4) is 0 Å². The molecule has 0 radical (unpaired) electrons. The molecule has 0 atom stereocenters. The van der Waals surface area contributed by atoms with Crippen LogP contribution in [0.15, 0.2) is 53.4 Å². The van der Waals surface area contributed by atoms with Crippen molar-refractivity contribution in [3.63, 3.8) is 0 Å². The third-order valence-electron chi connectivity index (χ3n) is 3.55. The van der Waals surface area contributed by atoms with Gasteiger partial charge in [-0.05, 0) is 64.2 Å². The fourth-order valence-electron chi connectivity index (χ4n) is 2.33. The zero-order chi connectivity index (χ0) is 18.0. The normalized spacial score (nSPS) is 15.9. The lowest BCUT2D eigenvalue weighted by atomic mass is 10.1. The number of carbonyl (C=O) groups excluding carboxylic acids is 2. The van der Waals surface area contributed by atoms with Crippen molar-refractivity contribution < 1.29 is 14.5 Å². The Balaban J connectivity index is 1.86. The van der Waals surface area contributed by atoms with Crippen LogP contribution in [0.5, 0.6) is 0 Å². The van der Waals surface area contributed by atoms with Crippen LogP contribution < -0.4 is 0 Å². The van der Waals surface area contributed by atoms with Crippen molar-refractivity contribution in [2.75, 3.05) is 0 Å². The Morgan fingerprint density at radius 3 is 2.48 bits per heavy atom. The first-order valence-corrected chi connectivity index (χ1v) is 9.08. The highest BCUT2D eigenvalue weighted by Gasteiger charge is 2.35. The van der Waals surface area contributed by atoms with E-state index in [-0.39, 0.29) is 22.4 Å². The summed E-state index contributed by atoms with van der Waals surface area (Å²) in [6, 6.07) is 13.6. The number of halogens is 1. The third kappa shape index (κ3) is 3.90. The van der Waals surface area contributed by atoms with Gasteiger partial charge in [-0.25, -0.2) is 0 Å². The lowest BCUT2D eigenvalue weighted by Gasteiger charge is -2.12. The van der Waals surface area contributed by atoms with Crippen LogP contribution in [0.2, 0.25) is 0 Å². The minimum absolute atomic E-state index is 0.105. The lowest BCUT2D eigenvalue weighted by Crippen LogP contribution is -2.27. The molecule has 1 heterocycles. The Labute approximate surface area is 161 Å². The molecule has 0 spiro atoms. The summed E-state index contributed by atoms with van der Waals surface area (Å²) in [4.78, 5) is 36.6. The van der Waals surface area contributed by atoms with Gasteiger partial charge in [-0.2, -0.15) is 0 Å². The van der Waals surface area contributed by atoms with Crippen molar-refractivity contribution in [2.24, 2.45) is 0 Å². The molecule has 1 fully saturated rings. The Morgan fingerprint density at radius 1 is 1.12 bits per heavy atom. The van der Waals surface area contributed by atoms with E-state index < -0.39 is 10.8 Å². The summed E-state index contributed by atoms with van der Waals surface area (Å²) in [5, 5.41) is 10.7. The number of nitro groups is 1. The number of amides is 2. The van der Waals surface area contributed by atoms with E-state index in [1.54, 1.807) is 18.2 Å². The summed E-state index contributed by atoms with van der Waals surface area (Å²) in [6.07, 6.45) is 1.40. The van der Waals surface area contributed by atoms with Crippen molar-refractivity contribution in [2.45, 2.75) is 6.54 Å². The largest absolute Gasteiger partial charge is 0.293 e. The van der Waals surface area contributed by atoms with Crippen molar-refractivity contribution in [1.29, 1.82) is 0 Å². The maximum atomic E-state index is 12.5. The Bertz CT molecular complexity index is 896. The molecule has 2 aromatic carbocycles. The summed E-state index contributed by atoms with van der Waals surface area (Å²) in [5.41, 5.74) is 1.04. The second-order valence-electron chi connectivity index (χ2n) is 5.21. The van der Waals surface area contributed by atoms with E-state index in [1.807, 2.05) is 24.3 Å². The molecule has 1 saturated heterocycles. The molecule has 3 rings (SSSR count). The molecule has 126 valence electrons. The lowest BCUT2D eigenvalue weighted by molar-refractivity contribution is -0.385. The van der Waals surface area contributed by atoms with Crippen LogP contribution in [0.1, 0.15) is 11.1 Å². The second-order valence-corrected chi connectivity index (χ2v) is 7.45. The molecule has 25 heavy (non-hydrogen) atoms. The molecule has 0 aliphatic carbocycles. The van der Waals surface area contributed by atoms with Crippen LogP contribution in [0, 0.1) is 13.7 Å². The number of rotatable bonds is 4. The quantitative estimate of drug-likeness (QED) is 0.288. The topological polar surface area (TPSA) is 80.5 Å². The number of benzene rings is 2. The first-order chi connectivity index (χ1) is 12.0. The maximum Gasteiger partial charge on any atom is 0.293 e. The van der Waals surface area contributed by atoms with E-state index in [0.717, 1.165) is 25.8 Å². The first kappa shape index (κ1) is 17.6. The minimum Gasteiger partial charge on any atom is -0.268 e. The second kappa shape index (κ2) is 7.36. The van der Waals surface area contributed by atoms with Gasteiger partial charge in [-0.15, -0.1) is 0 Å². The summed E-state index contributed by atoms with van der Waals surface area (Å²) >= 11 is 2.97. The maximum absolute atomic E-state index is 12.5. The summed E-state index contributed by atoms with van der Waals surface area (Å²) < 4.78 is 1.06. The van der Waals surface area contributed by atoms with Crippen LogP contribution in [0.4, 0.5) is 10.5 Å². The smallest absolute Gasteiger partial charge is 0.268 e. The molecular weight excluding hydrogens is 455 g/mol. The van der Waals surface area contributed by atoms with Crippen LogP contribution >= 0.6 is 34.4 Å². The minimum atomic E-state index is -0.512. The molecule has 0 unspecified atom stereocenters. The van der Waals surface area contributed by atoms with E-state index in [1.165, 1.54) is 12.1 Å². The molecule has 8 heteroatoms. The van der Waals surface area contributed by atoms with Gasteiger partial charge in [0.25, 0.3) is 16.8 Å². The number of imide groups is 1. The molecule has 2 amide bonds. The number of hydrogen-bond acceptors (Lipinski definition) is 5. The fraction of sp³-hybridized carbons (Fsp3) is 0.0588. The summed E-state index contributed by atoms with van der Waals surface area (Å²) in [5.74, 6) is -0.438. The molecule has 0 bridgehead atoms. The highest BCUT2D eigenvalue weighted by molar-refractivity contribution is 14.1. The van der Waals surface area contributed by atoms with Gasteiger partial charge in [-0.1, -0.05) is 24.3 Å². The average molecular weight is 466 g/mol. The highest BCUT2D eigenvalue weighted by Crippen LogP contribution is 2.34. The van der Waals surface area contributed by atoms with E-state index in [0.29, 0.717) is 5.56 Å². The summed E-state index contributed by atoms with van der Waals surface area (Å²) in [6.45, 7) is 0.176. The molecule has 2 aromatic rings. The van der Waals surface area contributed by atoms with Crippen LogP contribution in [-0.4, -0.2) is 21.0 Å². The van der Waals surface area contributed by atoms with Crippen LogP contribution in [0.25, 0.3) is 6.08 Å². The number of nitrogens with zero attached hydrogens (tertiary/aromatic N) is 2. The Hall–Kier alpha value is -2.20. The first-order valence-electron chi connectivity index (χ1n) is 7.19. The number of hydrogen-bond donors (Lipinski definition) is 0. The Kier molecular flexibility index (Phi) is 5.19. The van der Waals surface area contributed by atoms with Gasteiger partial charge in [0, 0.05) is 9.64 Å². The zero-order valence-corrected chi connectivity index (χ0v) is 15.7. The Morgan fingerprint density at radius 2 is 1.80 bits per heavy atom. The van der Waals surface area contributed by atoms with Crippen molar-refractivity contribution in [1.82, 2.24) is 4.90 Å². The fourth-order valence-corrected chi connectivity index (χ4v) is 3.51. The summed E-state index contributed by atoms with van der Waals surface area (Å²) in [7, 11) is 0. The van der Waals surface area contributed by atoms with Crippen molar-refractivity contribution in [3.05, 3.63) is 78.2 Å². The number of thioether (sulfide) groups is 1. The van der Waals surface area contributed by atoms with Gasteiger partial charge in [0.1, 0.15) is 0 Å². The zero-order valence-electron chi connectivity index (χ0n) is 12.7. The SMILES string of the molecule is O=C1S/C(=C\c2ccccc2[N+](=O)[O-])C(=O)N1Cc1ccc(I)cc1. The van der Waals surface area contributed by atoms with Gasteiger partial charge in [-0.3, -0.25) is 24.6 Å². The predicted molar refractivity (Wildman–Crippen MR) is 104 cm³/mol. The predicted octanol–water partition coefficient (Wildman–Crippen LogP) is 4.44. The van der Waals surface area contributed by atoms with Gasteiger partial charge in [0.05, 0.1) is 21.9 Å². The van der Waals surface area contributed by atoms with Gasteiger partial charge >= 0.3 is 0 Å². The molecule has 1 aliphatic rings. The van der Waals surface area contributed by atoms with E-state index >= 15 is 0 Å². The van der Waals surface area contributed by atoms with E-state index in [2.05, 4.69) is 22.6 Å². The third-order valence-corrected chi connectivity index (χ3v) is 5.17. The average Bonchev–Trinajstić information content (AvgIpc) is 2.84. The standard InChI is InChI=1S/C17H11IN2O4S/c18-13-7-5-11(6-8-13)10-19-16(21)15(25-17(19)22)9-12-3-1-2-4-14(12)20(23)24/h1-9H,10H2/b15-9-. The van der Waals surface area contributed by atoms with Gasteiger partial charge < -0.3 is 0 Å². The molecule has 0 N–H and O–H groups in total. The molecule has 0 aromatic heterocycles. The van der Waals surface area contributed by atoms with Gasteiger partial charge in [0.15, 0.2) is 0 Å². The number of carbonyl (C=O) groups is 2. The number of nitro benzene ring substituents is 1. The van der Waals surface area contributed by atoms with Crippen molar-refractivity contribution >= 4 is 57.3 Å².